The molecule has 2 aromatic carbocycles. The molecule has 0 aliphatic heterocycles. The molecule has 0 aliphatic rings. The Morgan fingerprint density at radius 2 is 0.857 bits per heavy atom. The van der Waals surface area contributed by atoms with Crippen LogP contribution in [-0.2, 0) is 0 Å². The average molecular weight is 424 g/mol. The van der Waals surface area contributed by atoms with Crippen LogP contribution in [0.4, 0.5) is 35.1 Å². The van der Waals surface area contributed by atoms with Crippen molar-refractivity contribution in [2.45, 2.75) is 0 Å². The van der Waals surface area contributed by atoms with Gasteiger partial charge in [-0.2, -0.15) is 0 Å². The van der Waals surface area contributed by atoms with Gasteiger partial charge in [-0.3, -0.25) is 0 Å². The lowest BCUT2D eigenvalue weighted by atomic mass is 10.0. The van der Waals surface area contributed by atoms with Gasteiger partial charge in [0.2, 0.25) is 0 Å². The zero-order valence-electron chi connectivity index (χ0n) is 9.48. The van der Waals surface area contributed by atoms with E-state index < -0.39 is 61.2 Å². The number of halogens is 9. The Kier molecular flexibility index (Phi) is 4.13. The molecular formula is C12HF8I. The van der Waals surface area contributed by atoms with Crippen molar-refractivity contribution >= 4 is 22.6 Å². The number of rotatable bonds is 1. The highest BCUT2D eigenvalue weighted by molar-refractivity contribution is 14.1. The molecule has 0 fully saturated rings. The molecule has 0 N–H and O–H groups in total. The summed E-state index contributed by atoms with van der Waals surface area (Å²) in [4.78, 5) is 0. The Hall–Kier alpha value is -1.39. The summed E-state index contributed by atoms with van der Waals surface area (Å²) < 4.78 is 106. The van der Waals surface area contributed by atoms with Gasteiger partial charge in [-0.25, -0.2) is 35.1 Å². The van der Waals surface area contributed by atoms with E-state index in [9.17, 15) is 35.1 Å². The summed E-state index contributed by atoms with van der Waals surface area (Å²) in [6, 6.07) is -0.205. The van der Waals surface area contributed by atoms with Crippen LogP contribution in [0, 0.1) is 50.1 Å². The first-order valence-corrected chi connectivity index (χ1v) is 6.11. The van der Waals surface area contributed by atoms with E-state index >= 15 is 0 Å². The first-order chi connectivity index (χ1) is 9.68. The Morgan fingerprint density at radius 1 is 0.524 bits per heavy atom. The Balaban J connectivity index is 3.00. The van der Waals surface area contributed by atoms with Crippen LogP contribution >= 0.6 is 22.6 Å². The SMILES string of the molecule is Fc1cc(F)c(F)c(-c2c(F)c(F)c(I)c(F)c2F)c1F. The van der Waals surface area contributed by atoms with Gasteiger partial charge in [-0.15, -0.1) is 0 Å². The van der Waals surface area contributed by atoms with E-state index in [0.29, 0.717) is 0 Å². The molecule has 0 nitrogen and oxygen atoms in total. The minimum absolute atomic E-state index is 0.205. The molecule has 0 heterocycles. The van der Waals surface area contributed by atoms with Crippen molar-refractivity contribution in [3.8, 4) is 11.1 Å². The van der Waals surface area contributed by atoms with Crippen LogP contribution in [0.3, 0.4) is 0 Å². The molecule has 0 unspecified atom stereocenters. The second kappa shape index (κ2) is 5.43. The van der Waals surface area contributed by atoms with Crippen LogP contribution in [0.25, 0.3) is 11.1 Å². The smallest absolute Gasteiger partial charge is 0.175 e. The van der Waals surface area contributed by atoms with Gasteiger partial charge in [-0.1, -0.05) is 0 Å². The fourth-order valence-electron chi connectivity index (χ4n) is 1.62. The highest BCUT2D eigenvalue weighted by Crippen LogP contribution is 2.36. The predicted octanol–water partition coefficient (Wildman–Crippen LogP) is 5.07. The third-order valence-corrected chi connectivity index (χ3v) is 3.52. The third kappa shape index (κ3) is 2.36. The van der Waals surface area contributed by atoms with Gasteiger partial charge < -0.3 is 0 Å². The van der Waals surface area contributed by atoms with Crippen molar-refractivity contribution in [1.29, 1.82) is 0 Å². The molecule has 0 aromatic heterocycles. The minimum Gasteiger partial charge on any atom is -0.204 e. The van der Waals surface area contributed by atoms with Crippen molar-refractivity contribution < 1.29 is 35.1 Å². The van der Waals surface area contributed by atoms with Crippen LogP contribution < -0.4 is 0 Å². The van der Waals surface area contributed by atoms with Gasteiger partial charge in [0, 0.05) is 6.07 Å². The minimum atomic E-state index is -2.17. The Morgan fingerprint density at radius 3 is 1.24 bits per heavy atom. The summed E-state index contributed by atoms with van der Waals surface area (Å²) in [7, 11) is 0. The predicted molar refractivity (Wildman–Crippen MR) is 64.3 cm³/mol. The van der Waals surface area contributed by atoms with Gasteiger partial charge in [0.15, 0.2) is 46.5 Å². The van der Waals surface area contributed by atoms with E-state index in [-0.39, 0.29) is 6.07 Å². The van der Waals surface area contributed by atoms with Crippen molar-refractivity contribution in [1.82, 2.24) is 0 Å². The van der Waals surface area contributed by atoms with E-state index in [0.717, 1.165) is 22.6 Å². The van der Waals surface area contributed by atoms with E-state index in [4.69, 9.17) is 0 Å². The van der Waals surface area contributed by atoms with Crippen LogP contribution in [0.5, 0.6) is 0 Å². The number of benzene rings is 2. The first-order valence-electron chi connectivity index (χ1n) is 5.03. The van der Waals surface area contributed by atoms with Gasteiger partial charge in [-0.05, 0) is 22.6 Å². The molecule has 112 valence electrons. The zero-order valence-corrected chi connectivity index (χ0v) is 11.6. The van der Waals surface area contributed by atoms with Crippen molar-refractivity contribution in [2.24, 2.45) is 0 Å². The van der Waals surface area contributed by atoms with E-state index in [2.05, 4.69) is 0 Å². The monoisotopic (exact) mass is 424 g/mol. The molecule has 9 heteroatoms. The standard InChI is InChI=1S/C12HF8I/c13-2-1-3(14)7(16)4(6(2)15)5-8(17)10(19)12(21)11(20)9(5)18/h1H. The molecule has 0 radical (unpaired) electrons. The van der Waals surface area contributed by atoms with Gasteiger partial charge in [0.05, 0.1) is 14.7 Å². The second-order valence-corrected chi connectivity index (χ2v) is 4.87. The maximum absolute atomic E-state index is 13.6. The quantitative estimate of drug-likeness (QED) is 0.260. The fraction of sp³-hybridized carbons (Fsp3) is 0. The van der Waals surface area contributed by atoms with Crippen molar-refractivity contribution in [3.05, 3.63) is 56.2 Å². The first kappa shape index (κ1) is 16.0. The van der Waals surface area contributed by atoms with Crippen LogP contribution in [0.2, 0.25) is 0 Å². The van der Waals surface area contributed by atoms with Gasteiger partial charge in [0.25, 0.3) is 0 Å². The van der Waals surface area contributed by atoms with Crippen molar-refractivity contribution in [2.75, 3.05) is 0 Å². The molecule has 0 atom stereocenters. The van der Waals surface area contributed by atoms with Crippen molar-refractivity contribution in [3.63, 3.8) is 0 Å². The summed E-state index contributed by atoms with van der Waals surface area (Å²) in [5.41, 5.74) is -3.73. The second-order valence-electron chi connectivity index (χ2n) is 3.79. The molecule has 0 bridgehead atoms. The maximum Gasteiger partial charge on any atom is 0.175 e. The van der Waals surface area contributed by atoms with Crippen LogP contribution in [0.1, 0.15) is 0 Å². The number of hydrogen-bond donors (Lipinski definition) is 0. The lowest BCUT2D eigenvalue weighted by molar-refractivity contribution is 0.437. The van der Waals surface area contributed by atoms with Crippen LogP contribution in [0.15, 0.2) is 6.07 Å². The normalized spacial score (nSPS) is 11.1. The largest absolute Gasteiger partial charge is 0.204 e. The highest BCUT2D eigenvalue weighted by atomic mass is 127. The highest BCUT2D eigenvalue weighted by Gasteiger charge is 2.31. The molecule has 21 heavy (non-hydrogen) atoms. The Bertz CT molecular complexity index is 701. The summed E-state index contributed by atoms with van der Waals surface area (Å²) in [6.45, 7) is 0. The lowest BCUT2D eigenvalue weighted by Crippen LogP contribution is -2.07. The molecule has 0 amide bonds. The summed E-state index contributed by atoms with van der Waals surface area (Å²) in [5, 5.41) is 0. The third-order valence-electron chi connectivity index (χ3n) is 2.57. The molecular weight excluding hydrogens is 423 g/mol. The fourth-order valence-corrected chi connectivity index (χ4v) is 2.09. The van der Waals surface area contributed by atoms with Gasteiger partial charge >= 0.3 is 0 Å². The van der Waals surface area contributed by atoms with E-state index in [1.165, 1.54) is 0 Å². The topological polar surface area (TPSA) is 0 Å². The summed E-state index contributed by atoms with van der Waals surface area (Å²) in [5.74, 6) is -16.5. The molecule has 0 saturated carbocycles. The maximum atomic E-state index is 13.6. The summed E-state index contributed by atoms with van der Waals surface area (Å²) in [6.07, 6.45) is 0. The number of hydrogen-bond acceptors (Lipinski definition) is 0. The lowest BCUT2D eigenvalue weighted by Gasteiger charge is -2.11. The van der Waals surface area contributed by atoms with E-state index in [1.54, 1.807) is 0 Å². The molecule has 2 rings (SSSR count). The molecule has 0 saturated heterocycles. The molecule has 0 spiro atoms. The average Bonchev–Trinajstić information content (AvgIpc) is 2.44. The van der Waals surface area contributed by atoms with Gasteiger partial charge in [0.1, 0.15) is 0 Å². The van der Waals surface area contributed by atoms with E-state index in [1.807, 2.05) is 0 Å². The zero-order chi connectivity index (χ0) is 16.1. The molecule has 0 aliphatic carbocycles. The van der Waals surface area contributed by atoms with Crippen LogP contribution in [-0.4, -0.2) is 0 Å². The summed E-state index contributed by atoms with van der Waals surface area (Å²) >= 11 is 0.921. The Labute approximate surface area is 125 Å². The molecule has 2 aromatic rings.